The Hall–Kier alpha value is -0.800. The fourth-order valence-corrected chi connectivity index (χ4v) is 2.05. The summed E-state index contributed by atoms with van der Waals surface area (Å²) in [6, 6.07) is 2.68. The Labute approximate surface area is 118 Å². The van der Waals surface area contributed by atoms with Crippen LogP contribution in [0.1, 0.15) is 59.3 Å². The summed E-state index contributed by atoms with van der Waals surface area (Å²) in [5.74, 6) is 1.10. The van der Waals surface area contributed by atoms with Crippen molar-refractivity contribution in [2.45, 2.75) is 72.6 Å². The molecule has 1 heterocycles. The van der Waals surface area contributed by atoms with Crippen molar-refractivity contribution in [3.05, 3.63) is 23.7 Å². The summed E-state index contributed by atoms with van der Waals surface area (Å²) < 4.78 is 5.68. The molecular formula is C16H30N2O. The molecule has 1 aromatic heterocycles. The molecular weight excluding hydrogens is 236 g/mol. The third kappa shape index (κ3) is 5.37. The standard InChI is InChI=1S/C16H30N2O/c1-7-13(3)18(8-2)12-15-14(9-10-19-15)11-17-16(4,5)6/h9-10,13,17H,7-8,11-12H2,1-6H3. The fraction of sp³-hybridized carbons (Fsp3) is 0.750. The van der Waals surface area contributed by atoms with Gasteiger partial charge < -0.3 is 9.73 Å². The van der Waals surface area contributed by atoms with E-state index in [4.69, 9.17) is 4.42 Å². The molecule has 0 bridgehead atoms. The predicted octanol–water partition coefficient (Wildman–Crippen LogP) is 3.79. The van der Waals surface area contributed by atoms with Gasteiger partial charge in [-0.3, -0.25) is 4.90 Å². The van der Waals surface area contributed by atoms with Crippen molar-refractivity contribution in [1.29, 1.82) is 0 Å². The van der Waals surface area contributed by atoms with Crippen LogP contribution in [0.2, 0.25) is 0 Å². The maximum absolute atomic E-state index is 5.68. The van der Waals surface area contributed by atoms with Crippen molar-refractivity contribution in [2.24, 2.45) is 0 Å². The normalized spacial score (nSPS) is 14.1. The molecule has 0 fully saturated rings. The van der Waals surface area contributed by atoms with Gasteiger partial charge in [0, 0.05) is 23.7 Å². The van der Waals surface area contributed by atoms with Gasteiger partial charge in [-0.15, -0.1) is 0 Å². The van der Waals surface area contributed by atoms with Gasteiger partial charge in [0.25, 0.3) is 0 Å². The molecule has 1 N–H and O–H groups in total. The first-order valence-corrected chi connectivity index (χ1v) is 7.41. The van der Waals surface area contributed by atoms with Gasteiger partial charge in [-0.05, 0) is 46.7 Å². The van der Waals surface area contributed by atoms with Gasteiger partial charge in [0.1, 0.15) is 5.76 Å². The van der Waals surface area contributed by atoms with Crippen LogP contribution >= 0.6 is 0 Å². The van der Waals surface area contributed by atoms with Crippen molar-refractivity contribution in [3.63, 3.8) is 0 Å². The van der Waals surface area contributed by atoms with E-state index in [0.717, 1.165) is 25.4 Å². The molecule has 1 unspecified atom stereocenters. The van der Waals surface area contributed by atoms with Crippen LogP contribution in [-0.2, 0) is 13.1 Å². The average molecular weight is 266 g/mol. The Morgan fingerprint density at radius 3 is 2.53 bits per heavy atom. The highest BCUT2D eigenvalue weighted by Gasteiger charge is 2.16. The summed E-state index contributed by atoms with van der Waals surface area (Å²) in [6.45, 7) is 16.1. The summed E-state index contributed by atoms with van der Waals surface area (Å²) in [5, 5.41) is 3.52. The quantitative estimate of drug-likeness (QED) is 0.814. The number of nitrogens with zero attached hydrogens (tertiary/aromatic N) is 1. The Morgan fingerprint density at radius 2 is 2.00 bits per heavy atom. The van der Waals surface area contributed by atoms with Crippen LogP contribution in [0, 0.1) is 0 Å². The first-order valence-electron chi connectivity index (χ1n) is 7.41. The number of furan rings is 1. The lowest BCUT2D eigenvalue weighted by Crippen LogP contribution is -2.36. The zero-order valence-electron chi connectivity index (χ0n) is 13.4. The second kappa shape index (κ2) is 7.11. The number of hydrogen-bond donors (Lipinski definition) is 1. The minimum Gasteiger partial charge on any atom is -0.468 e. The zero-order chi connectivity index (χ0) is 14.5. The molecule has 1 atom stereocenters. The molecule has 0 radical (unpaired) electrons. The van der Waals surface area contributed by atoms with Crippen LogP contribution in [-0.4, -0.2) is 23.0 Å². The molecule has 19 heavy (non-hydrogen) atoms. The topological polar surface area (TPSA) is 28.4 Å². The fourth-order valence-electron chi connectivity index (χ4n) is 2.05. The Kier molecular flexibility index (Phi) is 6.08. The minimum absolute atomic E-state index is 0.135. The van der Waals surface area contributed by atoms with Gasteiger partial charge >= 0.3 is 0 Å². The lowest BCUT2D eigenvalue weighted by molar-refractivity contribution is 0.189. The average Bonchev–Trinajstić information content (AvgIpc) is 2.79. The SMILES string of the molecule is CCC(C)N(CC)Cc1occc1CNC(C)(C)C. The lowest BCUT2D eigenvalue weighted by atomic mass is 10.1. The molecule has 0 aliphatic carbocycles. The van der Waals surface area contributed by atoms with Crippen LogP contribution in [0.15, 0.2) is 16.7 Å². The third-order valence-corrected chi connectivity index (χ3v) is 3.61. The number of rotatable bonds is 7. The van der Waals surface area contributed by atoms with Crippen molar-refractivity contribution >= 4 is 0 Å². The molecule has 1 rings (SSSR count). The van der Waals surface area contributed by atoms with Crippen LogP contribution in [0.25, 0.3) is 0 Å². The Morgan fingerprint density at radius 1 is 1.32 bits per heavy atom. The molecule has 0 saturated carbocycles. The Balaban J connectivity index is 2.66. The smallest absolute Gasteiger partial charge is 0.122 e. The predicted molar refractivity (Wildman–Crippen MR) is 81.1 cm³/mol. The van der Waals surface area contributed by atoms with Crippen molar-refractivity contribution in [2.75, 3.05) is 6.54 Å². The zero-order valence-corrected chi connectivity index (χ0v) is 13.4. The summed E-state index contributed by atoms with van der Waals surface area (Å²) in [5.41, 5.74) is 1.41. The van der Waals surface area contributed by atoms with E-state index in [9.17, 15) is 0 Å². The summed E-state index contributed by atoms with van der Waals surface area (Å²) in [7, 11) is 0. The molecule has 3 nitrogen and oxygen atoms in total. The molecule has 1 aromatic rings. The van der Waals surface area contributed by atoms with E-state index in [1.807, 2.05) is 0 Å². The number of hydrogen-bond acceptors (Lipinski definition) is 3. The summed E-state index contributed by atoms with van der Waals surface area (Å²) in [4.78, 5) is 2.46. The first-order chi connectivity index (χ1) is 8.87. The summed E-state index contributed by atoms with van der Waals surface area (Å²) in [6.07, 6.45) is 2.98. The van der Waals surface area contributed by atoms with Gasteiger partial charge in [0.15, 0.2) is 0 Å². The molecule has 110 valence electrons. The third-order valence-electron chi connectivity index (χ3n) is 3.61. The second-order valence-corrected chi connectivity index (χ2v) is 6.29. The summed E-state index contributed by atoms with van der Waals surface area (Å²) >= 11 is 0. The van der Waals surface area contributed by atoms with Crippen molar-refractivity contribution < 1.29 is 4.42 Å². The van der Waals surface area contributed by atoms with Crippen LogP contribution in [0.4, 0.5) is 0 Å². The van der Waals surface area contributed by atoms with Gasteiger partial charge in [-0.2, -0.15) is 0 Å². The van der Waals surface area contributed by atoms with E-state index >= 15 is 0 Å². The van der Waals surface area contributed by atoms with E-state index in [1.54, 1.807) is 6.26 Å². The minimum atomic E-state index is 0.135. The van der Waals surface area contributed by atoms with Gasteiger partial charge in [0.2, 0.25) is 0 Å². The molecule has 0 saturated heterocycles. The lowest BCUT2D eigenvalue weighted by Gasteiger charge is -2.26. The largest absolute Gasteiger partial charge is 0.468 e. The van der Waals surface area contributed by atoms with E-state index in [1.165, 1.54) is 12.0 Å². The van der Waals surface area contributed by atoms with E-state index in [0.29, 0.717) is 6.04 Å². The molecule has 0 aromatic carbocycles. The van der Waals surface area contributed by atoms with Gasteiger partial charge in [-0.1, -0.05) is 13.8 Å². The van der Waals surface area contributed by atoms with Crippen molar-refractivity contribution in [1.82, 2.24) is 10.2 Å². The van der Waals surface area contributed by atoms with E-state index in [-0.39, 0.29) is 5.54 Å². The van der Waals surface area contributed by atoms with Crippen molar-refractivity contribution in [3.8, 4) is 0 Å². The first kappa shape index (κ1) is 16.3. The highest BCUT2D eigenvalue weighted by molar-refractivity contribution is 5.17. The van der Waals surface area contributed by atoms with Crippen LogP contribution in [0.5, 0.6) is 0 Å². The molecule has 3 heteroatoms. The highest BCUT2D eigenvalue weighted by Crippen LogP contribution is 2.16. The van der Waals surface area contributed by atoms with Gasteiger partial charge in [-0.25, -0.2) is 0 Å². The molecule has 0 spiro atoms. The maximum atomic E-state index is 5.68. The second-order valence-electron chi connectivity index (χ2n) is 6.29. The molecule has 0 amide bonds. The molecule has 0 aliphatic rings. The van der Waals surface area contributed by atoms with Gasteiger partial charge in [0.05, 0.1) is 12.8 Å². The van der Waals surface area contributed by atoms with E-state index < -0.39 is 0 Å². The van der Waals surface area contributed by atoms with E-state index in [2.05, 4.69) is 57.8 Å². The van der Waals surface area contributed by atoms with Crippen LogP contribution in [0.3, 0.4) is 0 Å². The maximum Gasteiger partial charge on any atom is 0.122 e. The monoisotopic (exact) mass is 266 g/mol. The molecule has 0 aliphatic heterocycles. The van der Waals surface area contributed by atoms with Crippen LogP contribution < -0.4 is 5.32 Å². The Bertz CT molecular complexity index is 365. The highest BCUT2D eigenvalue weighted by atomic mass is 16.3. The number of nitrogens with one attached hydrogen (secondary N) is 1.